The minimum Gasteiger partial charge on any atom is -0.652 e. The largest absolute Gasteiger partial charge is 1.00 e. The van der Waals surface area contributed by atoms with E-state index < -0.39 is 6.16 Å². The van der Waals surface area contributed by atoms with Crippen LogP contribution in [0, 0.1) is 23.2 Å². The number of carbonyl (C=O) groups excluding carboxylic acids is 2. The number of carbonyl (C=O) groups is 2. The van der Waals surface area contributed by atoms with Gasteiger partial charge in [-0.2, -0.15) is 5.21 Å². The van der Waals surface area contributed by atoms with E-state index in [-0.39, 0.29) is 149 Å². The van der Waals surface area contributed by atoms with E-state index in [0.717, 1.165) is 29.5 Å². The number of aromatic nitrogens is 4. The van der Waals surface area contributed by atoms with Crippen molar-refractivity contribution in [2.24, 2.45) is 11.3 Å². The molecule has 180 valence electrons. The van der Waals surface area contributed by atoms with Gasteiger partial charge in [-0.3, -0.25) is 4.79 Å². The molecule has 0 saturated heterocycles. The van der Waals surface area contributed by atoms with E-state index in [0.29, 0.717) is 39.3 Å². The topological polar surface area (TPSA) is 135 Å². The smallest absolute Gasteiger partial charge is 0.652 e. The number of rotatable bonds is 2. The Kier molecular flexibility index (Phi) is 13.8. The number of Topliss-reactive ketones (excluding diaryl/α,β-unsaturated/α-hetero) is 1. The van der Waals surface area contributed by atoms with Crippen molar-refractivity contribution in [1.82, 2.24) is 20.6 Å². The summed E-state index contributed by atoms with van der Waals surface area (Å²) in [5.74, 6) is 7.35. The second-order valence-corrected chi connectivity index (χ2v) is 9.56. The standard InChI is InChI=1S/C24H20Cl2N4O.CH2O3.2Cs/c1-24(18-4-2-3-5-18)13-17-12-16(20(25)21(26)19(17)22(24)31)11-8-14-6-9-15(10-7-14)23-27-29-30-28-23;2-1(3)4;;/h6-7,9-10,12,18H,2-5,13H2,1H3,(H,27,28,29,30);(H2,2,3,4);;/q;;2*+1/p-2. The number of fused-ring (bicyclic) bond motifs is 1. The van der Waals surface area contributed by atoms with Crippen LogP contribution in [-0.4, -0.2) is 32.6 Å². The first-order valence-corrected chi connectivity index (χ1v) is 11.8. The summed E-state index contributed by atoms with van der Waals surface area (Å²) in [5.41, 5.74) is 3.50. The van der Waals surface area contributed by atoms with Gasteiger partial charge in [0.15, 0.2) is 5.78 Å². The molecule has 2 aliphatic rings. The van der Waals surface area contributed by atoms with Crippen LogP contribution >= 0.6 is 23.2 Å². The van der Waals surface area contributed by atoms with Crippen molar-refractivity contribution in [3.63, 3.8) is 0 Å². The summed E-state index contributed by atoms with van der Waals surface area (Å²) >= 11 is 13.1. The molecule has 2 aliphatic carbocycles. The van der Waals surface area contributed by atoms with Crippen LogP contribution in [-0.2, 0) is 6.42 Å². The first-order valence-electron chi connectivity index (χ1n) is 11.0. The van der Waals surface area contributed by atoms with Crippen molar-refractivity contribution in [3.8, 4) is 23.2 Å². The van der Waals surface area contributed by atoms with Crippen LogP contribution in [0.5, 0.6) is 0 Å². The number of aromatic amines is 1. The SMILES string of the molecule is CC1(C2CCCC2)Cc2cc(C#Cc3ccc(-c4nn[nH]n4)cc3)c(Cl)c(Cl)c2C1=O.O=C([O-])[O-].[Cs+].[Cs+]. The Balaban J connectivity index is 0.000000750. The van der Waals surface area contributed by atoms with Gasteiger partial charge < -0.3 is 15.0 Å². The van der Waals surface area contributed by atoms with Crippen molar-refractivity contribution in [2.75, 3.05) is 0 Å². The summed E-state index contributed by atoms with van der Waals surface area (Å²) in [5, 5.41) is 31.3. The van der Waals surface area contributed by atoms with Gasteiger partial charge in [-0.15, -0.1) is 10.2 Å². The molecule has 3 aromatic rings. The number of nitrogens with zero attached hydrogens (tertiary/aromatic N) is 3. The van der Waals surface area contributed by atoms with Crippen LogP contribution in [0.15, 0.2) is 30.3 Å². The third kappa shape index (κ3) is 7.92. The Morgan fingerprint density at radius 2 is 1.70 bits per heavy atom. The number of hydrogen-bond donors (Lipinski definition) is 1. The number of nitrogens with one attached hydrogen (secondary N) is 1. The normalized spacial score (nSPS) is 17.9. The molecule has 0 aliphatic heterocycles. The zero-order valence-electron chi connectivity index (χ0n) is 20.7. The molecule has 1 saturated carbocycles. The van der Waals surface area contributed by atoms with Crippen molar-refractivity contribution in [2.45, 2.75) is 39.0 Å². The Morgan fingerprint density at radius 1 is 1.08 bits per heavy atom. The van der Waals surface area contributed by atoms with Gasteiger partial charge in [0.25, 0.3) is 0 Å². The Bertz CT molecular complexity index is 1330. The van der Waals surface area contributed by atoms with Gasteiger partial charge in [0.1, 0.15) is 0 Å². The molecule has 0 radical (unpaired) electrons. The molecule has 1 aromatic heterocycles. The van der Waals surface area contributed by atoms with E-state index in [2.05, 4.69) is 39.4 Å². The average Bonchev–Trinajstić information content (AvgIpc) is 3.58. The molecule has 0 spiro atoms. The van der Waals surface area contributed by atoms with Crippen LogP contribution in [0.2, 0.25) is 10.0 Å². The quantitative estimate of drug-likeness (QED) is 0.276. The first kappa shape index (κ1) is 33.9. The maximum absolute atomic E-state index is 13.3. The molecule has 0 amide bonds. The van der Waals surface area contributed by atoms with E-state index in [9.17, 15) is 4.79 Å². The summed E-state index contributed by atoms with van der Waals surface area (Å²) in [6.45, 7) is 2.09. The van der Waals surface area contributed by atoms with Gasteiger partial charge in [0.05, 0.1) is 10.0 Å². The van der Waals surface area contributed by atoms with Gasteiger partial charge in [0, 0.05) is 27.7 Å². The van der Waals surface area contributed by atoms with Crippen LogP contribution in [0.3, 0.4) is 0 Å². The third-order valence-corrected chi connectivity index (χ3v) is 7.55. The Hall–Kier alpha value is 0.694. The van der Waals surface area contributed by atoms with Crippen molar-refractivity contribution in [3.05, 3.63) is 62.6 Å². The average molecular weight is 777 g/mol. The van der Waals surface area contributed by atoms with E-state index in [1.54, 1.807) is 0 Å². The summed E-state index contributed by atoms with van der Waals surface area (Å²) in [6, 6.07) is 9.50. The number of halogens is 2. The van der Waals surface area contributed by atoms with E-state index in [1.165, 1.54) is 12.8 Å². The molecule has 5 rings (SSSR count). The van der Waals surface area contributed by atoms with Crippen molar-refractivity contribution in [1.29, 1.82) is 0 Å². The minimum absolute atomic E-state index is 0. The monoisotopic (exact) mass is 776 g/mol. The van der Waals surface area contributed by atoms with Crippen LogP contribution in [0.25, 0.3) is 11.4 Å². The number of ketones is 1. The fourth-order valence-corrected chi connectivity index (χ4v) is 5.44. The van der Waals surface area contributed by atoms with Gasteiger partial charge >= 0.3 is 138 Å². The molecule has 1 unspecified atom stereocenters. The number of tetrazole rings is 1. The molecule has 37 heavy (non-hydrogen) atoms. The molecule has 2 aromatic carbocycles. The molecule has 8 nitrogen and oxygen atoms in total. The second kappa shape index (κ2) is 15.1. The van der Waals surface area contributed by atoms with Crippen LogP contribution in [0.1, 0.15) is 59.7 Å². The van der Waals surface area contributed by atoms with E-state index >= 15 is 0 Å². The van der Waals surface area contributed by atoms with Crippen molar-refractivity contribution < 1.29 is 158 Å². The van der Waals surface area contributed by atoms with Gasteiger partial charge in [-0.1, -0.05) is 54.8 Å². The predicted octanol–water partition coefficient (Wildman–Crippen LogP) is -2.93. The number of carboxylic acid groups (broad SMARTS) is 2. The summed E-state index contributed by atoms with van der Waals surface area (Å²) in [4.78, 5) is 21.6. The molecule has 1 N–H and O–H groups in total. The molecule has 1 heterocycles. The maximum Gasteiger partial charge on any atom is 1.00 e. The van der Waals surface area contributed by atoms with Crippen LogP contribution in [0.4, 0.5) is 4.79 Å². The second-order valence-electron chi connectivity index (χ2n) is 8.80. The molecule has 1 atom stereocenters. The van der Waals surface area contributed by atoms with Crippen molar-refractivity contribution >= 4 is 35.1 Å². The van der Waals surface area contributed by atoms with E-state index in [1.807, 2.05) is 30.3 Å². The summed E-state index contributed by atoms with van der Waals surface area (Å²) in [7, 11) is 0. The van der Waals surface area contributed by atoms with Gasteiger partial charge in [-0.25, -0.2) is 0 Å². The molecular formula is C25H20Cl2Cs2N4O4. The van der Waals surface area contributed by atoms with Crippen LogP contribution < -0.4 is 148 Å². The summed E-state index contributed by atoms with van der Waals surface area (Å²) in [6.07, 6.45) is 2.97. The van der Waals surface area contributed by atoms with E-state index in [4.69, 9.17) is 38.2 Å². The predicted molar refractivity (Wildman–Crippen MR) is 126 cm³/mol. The first-order chi connectivity index (χ1) is 16.7. The Labute approximate surface area is 342 Å². The number of benzene rings is 2. The van der Waals surface area contributed by atoms with Gasteiger partial charge in [0.2, 0.25) is 5.82 Å². The fraction of sp³-hybridized carbons (Fsp3) is 0.320. The maximum atomic E-state index is 13.3. The molecule has 12 heteroatoms. The third-order valence-electron chi connectivity index (χ3n) is 6.68. The summed E-state index contributed by atoms with van der Waals surface area (Å²) < 4.78 is 0. The molecule has 0 bridgehead atoms. The number of hydrogen-bond acceptors (Lipinski definition) is 7. The molecule has 1 fully saturated rings. The zero-order chi connectivity index (χ0) is 25.2. The molecular weight excluding hydrogens is 757 g/mol. The minimum atomic E-state index is -2.33. The zero-order valence-corrected chi connectivity index (χ0v) is 34.8. The van der Waals surface area contributed by atoms with Gasteiger partial charge in [-0.05, 0) is 72.4 Å². The fourth-order valence-electron chi connectivity index (χ4n) is 4.93. The number of H-pyrrole nitrogens is 1. The Morgan fingerprint density at radius 3 is 2.27 bits per heavy atom.